The molecule has 0 aliphatic rings. The molecule has 0 saturated carbocycles. The number of carboxylic acids is 1. The highest BCUT2D eigenvalue weighted by Crippen LogP contribution is 2.29. The smallest absolute Gasteiger partial charge is 0.480 e. The van der Waals surface area contributed by atoms with Crippen LogP contribution in [-0.2, 0) is 42.4 Å². The molecule has 0 unspecified atom stereocenters. The Kier molecular flexibility index (Phi) is 13.1. The summed E-state index contributed by atoms with van der Waals surface area (Å²) in [6.45, 7) is 0.838. The normalized spacial score (nSPS) is 13.0. The predicted octanol–water partition coefficient (Wildman–Crippen LogP) is 4.58. The molecule has 47 heavy (non-hydrogen) atoms. The first-order valence-electron chi connectivity index (χ1n) is 14.6. The van der Waals surface area contributed by atoms with Crippen molar-refractivity contribution < 1.29 is 49.4 Å². The molecule has 2 N–H and O–H groups in total. The number of benzene rings is 3. The van der Waals surface area contributed by atoms with Gasteiger partial charge in [-0.3, -0.25) is 9.53 Å². The molecule has 0 spiro atoms. The lowest BCUT2D eigenvalue weighted by atomic mass is 9.93. The van der Waals surface area contributed by atoms with Gasteiger partial charge < -0.3 is 10.4 Å². The summed E-state index contributed by atoms with van der Waals surface area (Å²) in [5.41, 5.74) is 3.16. The highest BCUT2D eigenvalue weighted by molar-refractivity contribution is 7.90. The molecule has 10 nitrogen and oxygen atoms in total. The molecule has 0 aromatic heterocycles. The molecule has 3 aromatic carbocycles. The predicted molar refractivity (Wildman–Crippen MR) is 171 cm³/mol. The van der Waals surface area contributed by atoms with Crippen molar-refractivity contribution in [3.05, 3.63) is 95.1 Å². The molecule has 0 fully saturated rings. The van der Waals surface area contributed by atoms with Crippen molar-refractivity contribution in [2.24, 2.45) is 0 Å². The molecule has 0 aliphatic heterocycles. The Bertz CT molecular complexity index is 1750. The van der Waals surface area contributed by atoms with Crippen LogP contribution in [0.3, 0.4) is 0 Å². The average Bonchev–Trinajstić information content (AvgIpc) is 2.99. The van der Waals surface area contributed by atoms with Gasteiger partial charge in [-0.05, 0) is 66.1 Å². The second-order valence-electron chi connectivity index (χ2n) is 11.0. The number of nitrogens with zero attached hydrogens (tertiary/aromatic N) is 1. The molecular weight excluding hydrogens is 661 g/mol. The van der Waals surface area contributed by atoms with Gasteiger partial charge in [0.2, 0.25) is 10.0 Å². The van der Waals surface area contributed by atoms with Crippen molar-refractivity contribution in [1.29, 1.82) is 0 Å². The Labute approximate surface area is 272 Å². The maximum Gasteiger partial charge on any atom is 0.522 e. The number of aryl methyl sites for hydroxylation is 1. The summed E-state index contributed by atoms with van der Waals surface area (Å²) >= 11 is 0. The van der Waals surface area contributed by atoms with Gasteiger partial charge >= 0.3 is 12.3 Å². The Morgan fingerprint density at radius 1 is 0.915 bits per heavy atom. The molecule has 1 atom stereocenters. The molecular formula is C32H37F3N2O8S2. The average molecular weight is 699 g/mol. The number of alkyl halides is 3. The standard InChI is InChI=1S/C32H37F3N2O8S2/c1-23-9-6-7-12-26(23)28-21-25(13-14-27(28)30(38)36-29(31(39)40)16-20-46(2,41)42)22-37(17-15-24-10-4-3-5-11-24)47(43,44)19-8-18-45-32(33,34)35/h3-7,9-14,21,29H,8,15-20,22H2,1-2H3,(H,36,38)(H,39,40)/t29-/m0/s1. The molecule has 0 radical (unpaired) electrons. The zero-order valence-electron chi connectivity index (χ0n) is 25.9. The van der Waals surface area contributed by atoms with E-state index in [1.165, 1.54) is 16.4 Å². The Hall–Kier alpha value is -3.79. The van der Waals surface area contributed by atoms with E-state index < -0.39 is 62.3 Å². The van der Waals surface area contributed by atoms with Crippen molar-refractivity contribution in [1.82, 2.24) is 9.62 Å². The number of carboxylic acid groups (broad SMARTS) is 1. The van der Waals surface area contributed by atoms with Crippen LogP contribution in [0.1, 0.15) is 39.9 Å². The fraction of sp³-hybridized carbons (Fsp3) is 0.375. The number of aliphatic carboxylic acids is 1. The maximum atomic E-state index is 13.4. The fourth-order valence-electron chi connectivity index (χ4n) is 4.79. The summed E-state index contributed by atoms with van der Waals surface area (Å²) in [5.74, 6) is -3.22. The molecule has 0 saturated heterocycles. The first-order chi connectivity index (χ1) is 21.9. The number of sulfonamides is 1. The second kappa shape index (κ2) is 16.4. The summed E-state index contributed by atoms with van der Waals surface area (Å²) in [7, 11) is -7.57. The van der Waals surface area contributed by atoms with Gasteiger partial charge in [0.15, 0.2) is 0 Å². The summed E-state index contributed by atoms with van der Waals surface area (Å²) in [6.07, 6.45) is -4.33. The summed E-state index contributed by atoms with van der Waals surface area (Å²) in [6, 6.07) is 19.2. The topological polar surface area (TPSA) is 147 Å². The van der Waals surface area contributed by atoms with Gasteiger partial charge in [0.1, 0.15) is 15.9 Å². The van der Waals surface area contributed by atoms with E-state index in [1.807, 2.05) is 18.2 Å². The maximum absolute atomic E-state index is 13.4. The molecule has 0 heterocycles. The van der Waals surface area contributed by atoms with E-state index >= 15 is 0 Å². The third-order valence-corrected chi connectivity index (χ3v) is 10.1. The number of rotatable bonds is 17. The van der Waals surface area contributed by atoms with Gasteiger partial charge in [-0.15, -0.1) is 13.2 Å². The largest absolute Gasteiger partial charge is 0.522 e. The van der Waals surface area contributed by atoms with Gasteiger partial charge in [0, 0.05) is 24.9 Å². The molecule has 256 valence electrons. The van der Waals surface area contributed by atoms with Crippen molar-refractivity contribution in [3.63, 3.8) is 0 Å². The van der Waals surface area contributed by atoms with Crippen LogP contribution in [0.2, 0.25) is 0 Å². The van der Waals surface area contributed by atoms with E-state index in [-0.39, 0.29) is 31.5 Å². The monoisotopic (exact) mass is 698 g/mol. The van der Waals surface area contributed by atoms with Crippen LogP contribution in [0.25, 0.3) is 11.1 Å². The lowest BCUT2D eigenvalue weighted by Crippen LogP contribution is -2.42. The lowest BCUT2D eigenvalue weighted by molar-refractivity contribution is -0.324. The number of carbonyl (C=O) groups is 2. The molecule has 1 amide bonds. The second-order valence-corrected chi connectivity index (χ2v) is 15.4. The van der Waals surface area contributed by atoms with Crippen LogP contribution in [0.15, 0.2) is 72.8 Å². The van der Waals surface area contributed by atoms with Crippen LogP contribution in [-0.4, -0.2) is 81.4 Å². The molecule has 0 aliphatic carbocycles. The quantitative estimate of drug-likeness (QED) is 0.195. The van der Waals surface area contributed by atoms with Crippen LogP contribution < -0.4 is 5.32 Å². The third-order valence-electron chi connectivity index (χ3n) is 7.20. The van der Waals surface area contributed by atoms with E-state index in [0.29, 0.717) is 23.1 Å². The van der Waals surface area contributed by atoms with E-state index in [0.717, 1.165) is 17.4 Å². The minimum atomic E-state index is -4.88. The number of nitrogens with one attached hydrogen (secondary N) is 1. The van der Waals surface area contributed by atoms with Gasteiger partial charge in [0.05, 0.1) is 18.1 Å². The highest BCUT2D eigenvalue weighted by atomic mass is 32.2. The van der Waals surface area contributed by atoms with Crippen LogP contribution in [0.4, 0.5) is 13.2 Å². The zero-order chi connectivity index (χ0) is 34.8. The van der Waals surface area contributed by atoms with Gasteiger partial charge in [-0.25, -0.2) is 21.6 Å². The third kappa shape index (κ3) is 12.4. The molecule has 0 bridgehead atoms. The Morgan fingerprint density at radius 3 is 2.19 bits per heavy atom. The molecule has 3 rings (SSSR count). The van der Waals surface area contributed by atoms with Gasteiger partial charge in [-0.1, -0.05) is 60.7 Å². The fourth-order valence-corrected chi connectivity index (χ4v) is 6.91. The molecule has 3 aromatic rings. The SMILES string of the molecule is Cc1ccccc1-c1cc(CN(CCc2ccccc2)S(=O)(=O)CCCOC(F)(F)F)ccc1C(=O)N[C@@H](CCS(C)(=O)=O)C(=O)O. The van der Waals surface area contributed by atoms with E-state index in [1.54, 1.807) is 49.4 Å². The number of amides is 1. The number of sulfone groups is 1. The Balaban J connectivity index is 1.96. The number of hydrogen-bond donors (Lipinski definition) is 2. The Morgan fingerprint density at radius 2 is 1.57 bits per heavy atom. The number of ether oxygens (including phenoxy) is 1. The first-order valence-corrected chi connectivity index (χ1v) is 18.2. The van der Waals surface area contributed by atoms with E-state index in [9.17, 15) is 44.7 Å². The van der Waals surface area contributed by atoms with Crippen molar-refractivity contribution >= 4 is 31.7 Å². The van der Waals surface area contributed by atoms with Gasteiger partial charge in [0.25, 0.3) is 5.91 Å². The van der Waals surface area contributed by atoms with Crippen molar-refractivity contribution in [2.45, 2.75) is 45.1 Å². The first kappa shape index (κ1) is 37.7. The summed E-state index contributed by atoms with van der Waals surface area (Å²) in [4.78, 5) is 25.3. The summed E-state index contributed by atoms with van der Waals surface area (Å²) < 4.78 is 92.4. The van der Waals surface area contributed by atoms with Crippen LogP contribution in [0, 0.1) is 6.92 Å². The number of hydrogen-bond acceptors (Lipinski definition) is 7. The molecule has 15 heteroatoms. The summed E-state index contributed by atoms with van der Waals surface area (Å²) in [5, 5.41) is 12.0. The van der Waals surface area contributed by atoms with Crippen molar-refractivity contribution in [2.75, 3.05) is 30.9 Å². The van der Waals surface area contributed by atoms with Gasteiger partial charge in [-0.2, -0.15) is 4.31 Å². The van der Waals surface area contributed by atoms with E-state index in [2.05, 4.69) is 10.1 Å². The lowest BCUT2D eigenvalue weighted by Gasteiger charge is -2.24. The van der Waals surface area contributed by atoms with E-state index in [4.69, 9.17) is 0 Å². The highest BCUT2D eigenvalue weighted by Gasteiger charge is 2.30. The van der Waals surface area contributed by atoms with Crippen LogP contribution in [0.5, 0.6) is 0 Å². The minimum absolute atomic E-state index is 0.0229. The number of carbonyl (C=O) groups excluding carboxylic acids is 1. The van der Waals surface area contributed by atoms with Crippen LogP contribution >= 0.6 is 0 Å². The minimum Gasteiger partial charge on any atom is -0.480 e. The van der Waals surface area contributed by atoms with Crippen molar-refractivity contribution in [3.8, 4) is 11.1 Å². The number of halogens is 3. The zero-order valence-corrected chi connectivity index (χ0v) is 27.5.